The molecule has 3 aromatic rings. The van der Waals surface area contributed by atoms with E-state index in [9.17, 15) is 13.6 Å². The van der Waals surface area contributed by atoms with Gasteiger partial charge in [0.2, 0.25) is 0 Å². The molecule has 0 radical (unpaired) electrons. The van der Waals surface area contributed by atoms with Crippen molar-refractivity contribution in [3.05, 3.63) is 30.4 Å². The van der Waals surface area contributed by atoms with Crippen LogP contribution in [0.4, 0.5) is 13.6 Å². The van der Waals surface area contributed by atoms with E-state index in [2.05, 4.69) is 19.4 Å². The summed E-state index contributed by atoms with van der Waals surface area (Å²) in [6.45, 7) is 0.175. The highest BCUT2D eigenvalue weighted by atomic mass is 19.3. The molecule has 0 spiro atoms. The number of hydrogen-bond acceptors (Lipinski definition) is 3. The average Bonchev–Trinajstić information content (AvgIpc) is 3.24. The van der Waals surface area contributed by atoms with Gasteiger partial charge in [-0.05, 0) is 18.9 Å². The van der Waals surface area contributed by atoms with E-state index in [0.717, 1.165) is 35.3 Å². The van der Waals surface area contributed by atoms with Crippen LogP contribution in [0.25, 0.3) is 16.8 Å². The van der Waals surface area contributed by atoms with E-state index in [1.54, 1.807) is 11.1 Å². The van der Waals surface area contributed by atoms with Crippen molar-refractivity contribution in [3.8, 4) is 0 Å². The first-order chi connectivity index (χ1) is 12.5. The molecule has 0 aliphatic carbocycles. The monoisotopic (exact) mass is 360 g/mol. The molecule has 5 heterocycles. The number of carbonyl (C=O) groups excluding carboxylic acids is 1. The van der Waals surface area contributed by atoms with Crippen molar-refractivity contribution < 1.29 is 13.6 Å². The number of amides is 2. The van der Waals surface area contributed by atoms with E-state index >= 15 is 0 Å². The third-order valence-corrected chi connectivity index (χ3v) is 5.30. The van der Waals surface area contributed by atoms with E-state index in [1.807, 2.05) is 18.5 Å². The zero-order valence-electron chi connectivity index (χ0n) is 14.0. The lowest BCUT2D eigenvalue weighted by molar-refractivity contribution is -0.114. The minimum Gasteiger partial charge on any atom is -0.345 e. The summed E-state index contributed by atoms with van der Waals surface area (Å²) in [5.41, 5.74) is 3.51. The molecule has 3 aromatic heterocycles. The maximum Gasteiger partial charge on any atom is 0.320 e. The lowest BCUT2D eigenvalue weighted by atomic mass is 9.95. The molecule has 0 aromatic carbocycles. The molecule has 2 saturated heterocycles. The van der Waals surface area contributed by atoms with Crippen molar-refractivity contribution in [1.29, 1.82) is 0 Å². The molecular weight excluding hydrogens is 342 g/mol. The number of aromatic amines is 1. The van der Waals surface area contributed by atoms with Gasteiger partial charge >= 0.3 is 6.03 Å². The van der Waals surface area contributed by atoms with Crippen LogP contribution in [0.3, 0.4) is 0 Å². The van der Waals surface area contributed by atoms with Gasteiger partial charge in [0.1, 0.15) is 0 Å². The van der Waals surface area contributed by atoms with Crippen molar-refractivity contribution in [2.45, 2.75) is 24.7 Å². The number of hydrogen-bond donors (Lipinski definition) is 1. The third kappa shape index (κ3) is 2.33. The molecule has 0 unspecified atom stereocenters. The van der Waals surface area contributed by atoms with Crippen LogP contribution in [-0.2, 0) is 0 Å². The Morgan fingerprint density at radius 3 is 2.88 bits per heavy atom. The summed E-state index contributed by atoms with van der Waals surface area (Å²) in [5, 5.41) is 0. The van der Waals surface area contributed by atoms with Gasteiger partial charge in [-0.15, -0.1) is 0 Å². The van der Waals surface area contributed by atoms with Gasteiger partial charge in [-0.2, -0.15) is 0 Å². The fourth-order valence-electron chi connectivity index (χ4n) is 4.02. The van der Waals surface area contributed by atoms with Gasteiger partial charge in [-0.25, -0.2) is 23.5 Å². The first-order valence-corrected chi connectivity index (χ1v) is 8.73. The fourth-order valence-corrected chi connectivity index (χ4v) is 4.02. The summed E-state index contributed by atoms with van der Waals surface area (Å²) in [5.74, 6) is -2.62. The number of aromatic nitrogens is 4. The number of piperidine rings is 1. The molecule has 1 N–H and O–H groups in total. The van der Waals surface area contributed by atoms with Crippen LogP contribution in [0, 0.1) is 0 Å². The molecule has 2 amide bonds. The van der Waals surface area contributed by atoms with Crippen molar-refractivity contribution in [3.63, 3.8) is 0 Å². The lowest BCUT2D eigenvalue weighted by Crippen LogP contribution is -2.62. The van der Waals surface area contributed by atoms with E-state index in [1.165, 1.54) is 4.90 Å². The van der Waals surface area contributed by atoms with E-state index in [0.29, 0.717) is 13.1 Å². The predicted molar refractivity (Wildman–Crippen MR) is 90.3 cm³/mol. The zero-order valence-corrected chi connectivity index (χ0v) is 14.0. The molecule has 2 fully saturated rings. The number of H-pyrrole nitrogens is 1. The number of likely N-dealkylation sites (tertiary alicyclic amines) is 2. The molecule has 1 atom stereocenters. The number of urea groups is 1. The fraction of sp³-hybridized carbons (Fsp3) is 0.471. The van der Waals surface area contributed by atoms with Crippen LogP contribution < -0.4 is 0 Å². The standard InChI is InChI=1S/C17H18F2N6O/c18-17(19)9-24(10-17)16(26)23-5-1-2-11(8-23)13-6-21-14-7-22-15-12(25(13)14)3-4-20-15/h3-4,6-7,11,20H,1-2,5,8-10H2/t11-/m0/s1. The summed E-state index contributed by atoms with van der Waals surface area (Å²) in [7, 11) is 0. The molecule has 9 heteroatoms. The molecule has 2 aliphatic rings. The Kier molecular flexibility index (Phi) is 3.22. The van der Waals surface area contributed by atoms with Crippen molar-refractivity contribution in [1.82, 2.24) is 29.2 Å². The van der Waals surface area contributed by atoms with Gasteiger partial charge < -0.3 is 14.8 Å². The maximum absolute atomic E-state index is 13.1. The topological polar surface area (TPSA) is 69.5 Å². The molecule has 0 saturated carbocycles. The molecular formula is C17H18F2N6O. The average molecular weight is 360 g/mol. The Morgan fingerprint density at radius 1 is 1.23 bits per heavy atom. The Hall–Kier alpha value is -2.71. The minimum atomic E-state index is -2.74. The molecule has 5 rings (SSSR count). The number of imidazole rings is 1. The van der Waals surface area contributed by atoms with E-state index in [-0.39, 0.29) is 11.9 Å². The quantitative estimate of drug-likeness (QED) is 0.725. The largest absolute Gasteiger partial charge is 0.345 e. The lowest BCUT2D eigenvalue weighted by Gasteiger charge is -2.43. The Balaban J connectivity index is 1.43. The molecule has 136 valence electrons. The molecule has 0 bridgehead atoms. The van der Waals surface area contributed by atoms with Crippen LogP contribution in [-0.4, -0.2) is 67.3 Å². The Bertz CT molecular complexity index is 988. The first kappa shape index (κ1) is 15.5. The number of nitrogens with zero attached hydrogens (tertiary/aromatic N) is 5. The highest BCUT2D eigenvalue weighted by Crippen LogP contribution is 2.32. The smallest absolute Gasteiger partial charge is 0.320 e. The third-order valence-electron chi connectivity index (χ3n) is 5.30. The van der Waals surface area contributed by atoms with Gasteiger partial charge in [0.25, 0.3) is 5.92 Å². The highest BCUT2D eigenvalue weighted by Gasteiger charge is 2.47. The Labute approximate surface area is 147 Å². The summed E-state index contributed by atoms with van der Waals surface area (Å²) < 4.78 is 28.2. The number of alkyl halides is 2. The van der Waals surface area contributed by atoms with Gasteiger partial charge in [0, 0.05) is 37.1 Å². The van der Waals surface area contributed by atoms with Crippen LogP contribution >= 0.6 is 0 Å². The second kappa shape index (κ2) is 5.39. The van der Waals surface area contributed by atoms with Gasteiger partial charge in [-0.3, -0.25) is 4.40 Å². The molecule has 26 heavy (non-hydrogen) atoms. The molecule has 2 aliphatic heterocycles. The van der Waals surface area contributed by atoms with Crippen LogP contribution in [0.5, 0.6) is 0 Å². The van der Waals surface area contributed by atoms with E-state index < -0.39 is 19.0 Å². The zero-order chi connectivity index (χ0) is 17.9. The first-order valence-electron chi connectivity index (χ1n) is 8.73. The predicted octanol–water partition coefficient (Wildman–Crippen LogP) is 2.46. The second-order valence-electron chi connectivity index (χ2n) is 7.13. The minimum absolute atomic E-state index is 0.116. The van der Waals surface area contributed by atoms with Crippen LogP contribution in [0.2, 0.25) is 0 Å². The van der Waals surface area contributed by atoms with Crippen molar-refractivity contribution in [2.24, 2.45) is 0 Å². The summed E-state index contributed by atoms with van der Waals surface area (Å²) in [4.78, 5) is 27.3. The number of rotatable bonds is 1. The molecule has 7 nitrogen and oxygen atoms in total. The number of halogens is 2. The van der Waals surface area contributed by atoms with Gasteiger partial charge in [0.05, 0.1) is 24.8 Å². The van der Waals surface area contributed by atoms with Gasteiger partial charge in [0.15, 0.2) is 11.3 Å². The second-order valence-corrected chi connectivity index (χ2v) is 7.13. The SMILES string of the molecule is O=C(N1CCC[C@H](c2cnc3cnc4[nH]ccc4n23)C1)N1CC(F)(F)C1. The number of carbonyl (C=O) groups is 1. The maximum atomic E-state index is 13.1. The summed E-state index contributed by atoms with van der Waals surface area (Å²) >= 11 is 0. The normalized spacial score (nSPS) is 22.8. The van der Waals surface area contributed by atoms with E-state index in [4.69, 9.17) is 0 Å². The summed E-state index contributed by atoms with van der Waals surface area (Å²) in [6.07, 6.45) is 7.16. The van der Waals surface area contributed by atoms with Crippen molar-refractivity contribution in [2.75, 3.05) is 26.2 Å². The Morgan fingerprint density at radius 2 is 2.08 bits per heavy atom. The van der Waals surface area contributed by atoms with Crippen molar-refractivity contribution >= 4 is 22.8 Å². The highest BCUT2D eigenvalue weighted by molar-refractivity contribution is 5.76. The van der Waals surface area contributed by atoms with Crippen LogP contribution in [0.1, 0.15) is 24.5 Å². The van der Waals surface area contributed by atoms with Crippen LogP contribution in [0.15, 0.2) is 24.7 Å². The van der Waals surface area contributed by atoms with Gasteiger partial charge in [-0.1, -0.05) is 0 Å². The number of nitrogens with one attached hydrogen (secondary N) is 1. The summed E-state index contributed by atoms with van der Waals surface area (Å²) in [6, 6.07) is 1.66. The number of fused-ring (bicyclic) bond motifs is 3.